The Kier molecular flexibility index (Phi) is 3.78. The van der Waals surface area contributed by atoms with Crippen molar-refractivity contribution in [2.24, 2.45) is 0 Å². The molecule has 0 unspecified atom stereocenters. The van der Waals surface area contributed by atoms with Crippen LogP contribution < -0.4 is 0 Å². The Morgan fingerprint density at radius 3 is 2.50 bits per heavy atom. The van der Waals surface area contributed by atoms with E-state index in [1.165, 1.54) is 11.8 Å². The maximum atomic E-state index is 9.87. The summed E-state index contributed by atoms with van der Waals surface area (Å²) in [4.78, 5) is 9.87. The molecule has 6 heavy (non-hydrogen) atoms. The summed E-state index contributed by atoms with van der Waals surface area (Å²) < 4.78 is -0.0995. The predicted octanol–water partition coefficient (Wildman–Crippen LogP) is 1.79. The van der Waals surface area contributed by atoms with Gasteiger partial charge in [-0.15, -0.1) is 0 Å². The largest absolute Gasteiger partial charge is 0.275 e. The standard InChI is InChI=1S/C3H6OS2/c1-2-6-3(4)5/h2H2,1H3,(H,4,5). The average Bonchev–Trinajstić information content (AvgIpc) is 1.35. The lowest BCUT2D eigenvalue weighted by atomic mass is 11.0. The number of carbonyl (C=O) groups is 1. The van der Waals surface area contributed by atoms with Crippen molar-refractivity contribution in [3.8, 4) is 0 Å². The van der Waals surface area contributed by atoms with Crippen LogP contribution in [0.3, 0.4) is 0 Å². The molecule has 0 spiro atoms. The molecule has 0 rings (SSSR count). The molecule has 36 valence electrons. The smallest absolute Gasteiger partial charge is 0.242 e. The molecule has 0 aromatic rings. The highest BCUT2D eigenvalue weighted by Crippen LogP contribution is 2.03. The van der Waals surface area contributed by atoms with Gasteiger partial charge < -0.3 is 0 Å². The molecule has 1 nitrogen and oxygen atoms in total. The summed E-state index contributed by atoms with van der Waals surface area (Å²) in [6.45, 7) is 1.92. The maximum Gasteiger partial charge on any atom is 0.242 e. The van der Waals surface area contributed by atoms with Crippen LogP contribution in [0.2, 0.25) is 0 Å². The SMILES string of the molecule is CCSC(=O)S. The second kappa shape index (κ2) is 3.56. The minimum atomic E-state index is -0.0995. The third kappa shape index (κ3) is 4.37. The van der Waals surface area contributed by atoms with Crippen LogP contribution in [0.15, 0.2) is 0 Å². The first-order chi connectivity index (χ1) is 2.77. The van der Waals surface area contributed by atoms with Gasteiger partial charge in [-0.05, 0) is 5.75 Å². The summed E-state index contributed by atoms with van der Waals surface area (Å²) in [5, 5.41) is 0. The Bertz CT molecular complexity index is 52.8. The molecule has 0 N–H and O–H groups in total. The summed E-state index contributed by atoms with van der Waals surface area (Å²) in [6, 6.07) is 0. The number of thiol groups is 1. The van der Waals surface area contributed by atoms with Gasteiger partial charge in [-0.1, -0.05) is 31.3 Å². The highest BCUT2D eigenvalue weighted by Gasteiger charge is 1.85. The molecule has 0 saturated carbocycles. The summed E-state index contributed by atoms with van der Waals surface area (Å²) in [5.41, 5.74) is 0. The van der Waals surface area contributed by atoms with Gasteiger partial charge in [0.15, 0.2) is 0 Å². The van der Waals surface area contributed by atoms with Crippen molar-refractivity contribution >= 4 is 28.8 Å². The second-order valence-corrected chi connectivity index (χ2v) is 2.64. The Hall–Kier alpha value is 0.370. The Labute approximate surface area is 46.9 Å². The summed E-state index contributed by atoms with van der Waals surface area (Å²) in [7, 11) is 0. The van der Waals surface area contributed by atoms with Crippen LogP contribution in [0.4, 0.5) is 4.79 Å². The highest BCUT2D eigenvalue weighted by atomic mass is 32.2. The molecule has 0 radical (unpaired) electrons. The summed E-state index contributed by atoms with van der Waals surface area (Å²) in [6.07, 6.45) is 0. The molecule has 0 aromatic carbocycles. The monoisotopic (exact) mass is 122 g/mol. The lowest BCUT2D eigenvalue weighted by molar-refractivity contribution is 0.277. The number of thioether (sulfide) groups is 1. The summed E-state index contributed by atoms with van der Waals surface area (Å²) in [5.74, 6) is 0.822. The third-order valence-corrected chi connectivity index (χ3v) is 1.19. The highest BCUT2D eigenvalue weighted by molar-refractivity contribution is 8.32. The van der Waals surface area contributed by atoms with Crippen LogP contribution in [0.1, 0.15) is 6.92 Å². The Morgan fingerprint density at radius 2 is 2.50 bits per heavy atom. The molecular weight excluding hydrogens is 116 g/mol. The number of hydrogen-bond acceptors (Lipinski definition) is 2. The molecule has 0 bridgehead atoms. The molecule has 0 aliphatic rings. The normalized spacial score (nSPS) is 8.33. The Morgan fingerprint density at radius 1 is 2.00 bits per heavy atom. The zero-order valence-corrected chi connectivity index (χ0v) is 5.18. The number of rotatable bonds is 1. The van der Waals surface area contributed by atoms with Crippen LogP contribution >= 0.6 is 24.4 Å². The molecule has 0 amide bonds. The van der Waals surface area contributed by atoms with Gasteiger partial charge in [0.1, 0.15) is 0 Å². The fourth-order valence-electron chi connectivity index (χ4n) is 0.123. The van der Waals surface area contributed by atoms with Crippen LogP contribution in [-0.4, -0.2) is 10.2 Å². The minimum Gasteiger partial charge on any atom is -0.275 e. The van der Waals surface area contributed by atoms with E-state index in [0.717, 1.165) is 5.75 Å². The molecule has 0 saturated heterocycles. The molecule has 3 heteroatoms. The molecule has 0 aromatic heterocycles. The van der Waals surface area contributed by atoms with Crippen molar-refractivity contribution < 1.29 is 4.79 Å². The quantitative estimate of drug-likeness (QED) is 0.534. The zero-order chi connectivity index (χ0) is 4.99. The fourth-order valence-corrected chi connectivity index (χ4v) is 0.758. The first-order valence-corrected chi connectivity index (χ1v) is 3.06. The van der Waals surface area contributed by atoms with Gasteiger partial charge in [-0.25, -0.2) is 0 Å². The van der Waals surface area contributed by atoms with E-state index in [1.807, 2.05) is 6.92 Å². The van der Waals surface area contributed by atoms with Gasteiger partial charge in [-0.2, -0.15) is 0 Å². The lowest BCUT2D eigenvalue weighted by Gasteiger charge is -1.79. The Balaban J connectivity index is 2.83. The predicted molar refractivity (Wildman–Crippen MR) is 32.5 cm³/mol. The maximum absolute atomic E-state index is 9.87. The van der Waals surface area contributed by atoms with E-state index in [-0.39, 0.29) is 4.45 Å². The van der Waals surface area contributed by atoms with E-state index < -0.39 is 0 Å². The minimum absolute atomic E-state index is 0.0995. The van der Waals surface area contributed by atoms with Crippen LogP contribution in [0.25, 0.3) is 0 Å². The first kappa shape index (κ1) is 6.37. The van der Waals surface area contributed by atoms with Crippen LogP contribution in [0.5, 0.6) is 0 Å². The third-order valence-electron chi connectivity index (χ3n) is 0.268. The van der Waals surface area contributed by atoms with E-state index in [1.54, 1.807) is 0 Å². The zero-order valence-electron chi connectivity index (χ0n) is 3.47. The van der Waals surface area contributed by atoms with E-state index in [9.17, 15) is 4.79 Å². The van der Waals surface area contributed by atoms with Crippen molar-refractivity contribution in [2.75, 3.05) is 5.75 Å². The summed E-state index contributed by atoms with van der Waals surface area (Å²) >= 11 is 4.71. The van der Waals surface area contributed by atoms with Gasteiger partial charge in [0.25, 0.3) is 0 Å². The van der Waals surface area contributed by atoms with Crippen molar-refractivity contribution in [3.05, 3.63) is 0 Å². The lowest BCUT2D eigenvalue weighted by Crippen LogP contribution is -1.70. The average molecular weight is 122 g/mol. The van der Waals surface area contributed by atoms with Crippen molar-refractivity contribution in [1.82, 2.24) is 0 Å². The van der Waals surface area contributed by atoms with Crippen LogP contribution in [-0.2, 0) is 0 Å². The topological polar surface area (TPSA) is 17.1 Å². The molecule has 0 atom stereocenters. The van der Waals surface area contributed by atoms with Crippen LogP contribution in [0, 0.1) is 0 Å². The fraction of sp³-hybridized carbons (Fsp3) is 0.667. The van der Waals surface area contributed by atoms with E-state index in [0.29, 0.717) is 0 Å². The number of hydrogen-bond donors (Lipinski definition) is 1. The molecule has 0 fully saturated rings. The van der Waals surface area contributed by atoms with E-state index in [2.05, 4.69) is 12.6 Å². The van der Waals surface area contributed by atoms with Gasteiger partial charge in [-0.3, -0.25) is 4.79 Å². The van der Waals surface area contributed by atoms with E-state index in [4.69, 9.17) is 0 Å². The van der Waals surface area contributed by atoms with E-state index >= 15 is 0 Å². The molecule has 0 aliphatic carbocycles. The molecule has 0 heterocycles. The molecular formula is C3H6OS2. The van der Waals surface area contributed by atoms with Gasteiger partial charge in [0.2, 0.25) is 4.45 Å². The van der Waals surface area contributed by atoms with Gasteiger partial charge in [0, 0.05) is 0 Å². The second-order valence-electron chi connectivity index (χ2n) is 0.699. The molecule has 0 aliphatic heterocycles. The van der Waals surface area contributed by atoms with Crippen molar-refractivity contribution in [2.45, 2.75) is 6.92 Å². The van der Waals surface area contributed by atoms with Gasteiger partial charge in [0.05, 0.1) is 0 Å². The van der Waals surface area contributed by atoms with Gasteiger partial charge >= 0.3 is 0 Å². The van der Waals surface area contributed by atoms with Crippen molar-refractivity contribution in [3.63, 3.8) is 0 Å². The van der Waals surface area contributed by atoms with Crippen molar-refractivity contribution in [1.29, 1.82) is 0 Å². The number of carbonyl (C=O) groups excluding carboxylic acids is 1. The first-order valence-electron chi connectivity index (χ1n) is 1.63.